The highest BCUT2D eigenvalue weighted by Crippen LogP contribution is 2.26. The van der Waals surface area contributed by atoms with E-state index in [-0.39, 0.29) is 0 Å². The Balaban J connectivity index is 2.21. The quantitative estimate of drug-likeness (QED) is 0.907. The predicted molar refractivity (Wildman–Crippen MR) is 72.7 cm³/mol. The average molecular weight is 293 g/mol. The van der Waals surface area contributed by atoms with Crippen molar-refractivity contribution in [1.82, 2.24) is 9.97 Å². The van der Waals surface area contributed by atoms with Crippen LogP contribution in [0.25, 0.3) is 11.1 Å². The maximum atomic E-state index is 5.39. The van der Waals surface area contributed by atoms with Crippen molar-refractivity contribution >= 4 is 21.9 Å². The van der Waals surface area contributed by atoms with E-state index in [1.165, 1.54) is 0 Å². The number of benzene rings is 1. The number of hydrogen-bond donors (Lipinski definition) is 2. The molecule has 0 saturated carbocycles. The highest BCUT2D eigenvalue weighted by atomic mass is 79.9. The molecular weight excluding hydrogens is 280 g/mol. The van der Waals surface area contributed by atoms with Gasteiger partial charge in [-0.1, -0.05) is 34.1 Å². The van der Waals surface area contributed by atoms with Crippen LogP contribution in [0.15, 0.2) is 41.1 Å². The van der Waals surface area contributed by atoms with Crippen LogP contribution in [0.4, 0.5) is 5.95 Å². The fourth-order valence-corrected chi connectivity index (χ4v) is 1.95. The van der Waals surface area contributed by atoms with Gasteiger partial charge < -0.3 is 11.1 Å². The molecular formula is C12H13BrN4. The van der Waals surface area contributed by atoms with E-state index in [0.717, 1.165) is 15.6 Å². The normalized spacial score (nSPS) is 10.2. The second-order valence-corrected chi connectivity index (χ2v) is 4.34. The zero-order chi connectivity index (χ0) is 12.1. The summed E-state index contributed by atoms with van der Waals surface area (Å²) < 4.78 is 1.03. The van der Waals surface area contributed by atoms with Crippen LogP contribution in [0.1, 0.15) is 0 Å². The molecule has 2 aromatic rings. The molecule has 0 fully saturated rings. The molecule has 2 rings (SSSR count). The molecule has 0 atom stereocenters. The fraction of sp³-hybridized carbons (Fsp3) is 0.167. The molecule has 1 heterocycles. The standard InChI is InChI=1S/C12H13BrN4/c13-11-4-2-1-3-10(11)9-7-16-12(17-8-9)15-6-5-14/h1-4,7-8H,5-6,14H2,(H,15,16,17). The summed E-state index contributed by atoms with van der Waals surface area (Å²) in [5.41, 5.74) is 7.46. The molecule has 88 valence electrons. The van der Waals surface area contributed by atoms with Gasteiger partial charge in [-0.3, -0.25) is 0 Å². The molecule has 0 aliphatic carbocycles. The number of halogens is 1. The highest BCUT2D eigenvalue weighted by molar-refractivity contribution is 9.10. The van der Waals surface area contributed by atoms with Crippen LogP contribution >= 0.6 is 15.9 Å². The molecule has 3 N–H and O–H groups in total. The van der Waals surface area contributed by atoms with Crippen molar-refractivity contribution in [3.05, 3.63) is 41.1 Å². The first kappa shape index (κ1) is 12.0. The number of anilines is 1. The van der Waals surface area contributed by atoms with Crippen LogP contribution in [0, 0.1) is 0 Å². The van der Waals surface area contributed by atoms with Crippen molar-refractivity contribution in [2.75, 3.05) is 18.4 Å². The lowest BCUT2D eigenvalue weighted by Crippen LogP contribution is -2.14. The number of hydrogen-bond acceptors (Lipinski definition) is 4. The van der Waals surface area contributed by atoms with E-state index < -0.39 is 0 Å². The monoisotopic (exact) mass is 292 g/mol. The Morgan fingerprint density at radius 2 is 1.88 bits per heavy atom. The van der Waals surface area contributed by atoms with Gasteiger partial charge in [0.15, 0.2) is 0 Å². The van der Waals surface area contributed by atoms with Gasteiger partial charge in [0.1, 0.15) is 0 Å². The molecule has 5 heteroatoms. The van der Waals surface area contributed by atoms with Gasteiger partial charge in [-0.2, -0.15) is 0 Å². The molecule has 17 heavy (non-hydrogen) atoms. The smallest absolute Gasteiger partial charge is 0.222 e. The highest BCUT2D eigenvalue weighted by Gasteiger charge is 2.03. The second-order valence-electron chi connectivity index (χ2n) is 3.49. The van der Waals surface area contributed by atoms with E-state index >= 15 is 0 Å². The summed E-state index contributed by atoms with van der Waals surface area (Å²) in [7, 11) is 0. The largest absolute Gasteiger partial charge is 0.353 e. The molecule has 1 aromatic carbocycles. The zero-order valence-electron chi connectivity index (χ0n) is 9.23. The molecule has 4 nitrogen and oxygen atoms in total. The van der Waals surface area contributed by atoms with Gasteiger partial charge in [0.05, 0.1) is 0 Å². The van der Waals surface area contributed by atoms with Crippen LogP contribution in [-0.2, 0) is 0 Å². The number of nitrogens with one attached hydrogen (secondary N) is 1. The first-order valence-corrected chi connectivity index (χ1v) is 6.11. The number of nitrogens with two attached hydrogens (primary N) is 1. The van der Waals surface area contributed by atoms with E-state index in [0.29, 0.717) is 19.0 Å². The topological polar surface area (TPSA) is 63.8 Å². The van der Waals surface area contributed by atoms with E-state index in [4.69, 9.17) is 5.73 Å². The van der Waals surface area contributed by atoms with Gasteiger partial charge in [0.2, 0.25) is 5.95 Å². The summed E-state index contributed by atoms with van der Waals surface area (Å²) in [5.74, 6) is 0.603. The first-order valence-electron chi connectivity index (χ1n) is 5.32. The minimum atomic E-state index is 0.565. The number of aromatic nitrogens is 2. The summed E-state index contributed by atoms with van der Waals surface area (Å²) in [6, 6.07) is 7.98. The third-order valence-electron chi connectivity index (χ3n) is 2.26. The Morgan fingerprint density at radius 1 is 1.18 bits per heavy atom. The van der Waals surface area contributed by atoms with E-state index in [9.17, 15) is 0 Å². The Kier molecular flexibility index (Phi) is 4.06. The van der Waals surface area contributed by atoms with E-state index in [1.807, 2.05) is 24.3 Å². The van der Waals surface area contributed by atoms with Gasteiger partial charge >= 0.3 is 0 Å². The zero-order valence-corrected chi connectivity index (χ0v) is 10.8. The molecule has 0 amide bonds. The third-order valence-corrected chi connectivity index (χ3v) is 2.96. The summed E-state index contributed by atoms with van der Waals surface area (Å²) in [6.45, 7) is 1.24. The van der Waals surface area contributed by atoms with E-state index in [2.05, 4.69) is 31.2 Å². The average Bonchev–Trinajstić information content (AvgIpc) is 2.38. The predicted octanol–water partition coefficient (Wildman–Crippen LogP) is 2.28. The van der Waals surface area contributed by atoms with Crippen LogP contribution in [0.2, 0.25) is 0 Å². The van der Waals surface area contributed by atoms with Crippen LogP contribution in [0.5, 0.6) is 0 Å². The fourth-order valence-electron chi connectivity index (χ4n) is 1.44. The van der Waals surface area contributed by atoms with Crippen molar-refractivity contribution in [2.45, 2.75) is 0 Å². The number of nitrogens with zero attached hydrogens (tertiary/aromatic N) is 2. The van der Waals surface area contributed by atoms with Gasteiger partial charge in [-0.15, -0.1) is 0 Å². The summed E-state index contributed by atoms with van der Waals surface area (Å²) in [5, 5.41) is 3.03. The summed E-state index contributed by atoms with van der Waals surface area (Å²) >= 11 is 3.51. The Hall–Kier alpha value is -1.46. The molecule has 0 aliphatic heterocycles. The summed E-state index contributed by atoms with van der Waals surface area (Å²) in [6.07, 6.45) is 3.60. The van der Waals surface area contributed by atoms with Crippen LogP contribution in [-0.4, -0.2) is 23.1 Å². The Morgan fingerprint density at radius 3 is 2.53 bits per heavy atom. The minimum Gasteiger partial charge on any atom is -0.353 e. The lowest BCUT2D eigenvalue weighted by atomic mass is 10.1. The molecule has 0 spiro atoms. The van der Waals surface area contributed by atoms with Gasteiger partial charge in [0.25, 0.3) is 0 Å². The molecule has 1 aromatic heterocycles. The van der Waals surface area contributed by atoms with Crippen molar-refractivity contribution in [3.63, 3.8) is 0 Å². The molecule has 0 bridgehead atoms. The molecule has 0 saturated heterocycles. The minimum absolute atomic E-state index is 0.565. The third kappa shape index (κ3) is 3.01. The van der Waals surface area contributed by atoms with Crippen molar-refractivity contribution < 1.29 is 0 Å². The van der Waals surface area contributed by atoms with E-state index in [1.54, 1.807) is 12.4 Å². The number of rotatable bonds is 4. The second kappa shape index (κ2) is 5.75. The van der Waals surface area contributed by atoms with Crippen molar-refractivity contribution in [3.8, 4) is 11.1 Å². The van der Waals surface area contributed by atoms with Gasteiger partial charge in [0, 0.05) is 35.5 Å². The Bertz CT molecular complexity index is 484. The maximum absolute atomic E-state index is 5.39. The van der Waals surface area contributed by atoms with Crippen molar-refractivity contribution in [1.29, 1.82) is 0 Å². The van der Waals surface area contributed by atoms with Crippen molar-refractivity contribution in [2.24, 2.45) is 5.73 Å². The first-order chi connectivity index (χ1) is 8.31. The lowest BCUT2D eigenvalue weighted by Gasteiger charge is -2.05. The van der Waals surface area contributed by atoms with Gasteiger partial charge in [-0.25, -0.2) is 9.97 Å². The lowest BCUT2D eigenvalue weighted by molar-refractivity contribution is 0.990. The van der Waals surface area contributed by atoms with Crippen LogP contribution in [0.3, 0.4) is 0 Å². The maximum Gasteiger partial charge on any atom is 0.222 e. The van der Waals surface area contributed by atoms with Gasteiger partial charge in [-0.05, 0) is 11.6 Å². The summed E-state index contributed by atoms with van der Waals surface area (Å²) in [4.78, 5) is 8.47. The van der Waals surface area contributed by atoms with Crippen LogP contribution < -0.4 is 11.1 Å². The molecule has 0 unspecified atom stereocenters. The SMILES string of the molecule is NCCNc1ncc(-c2ccccc2Br)cn1. The molecule has 0 aliphatic rings. The Labute approximate surface area is 108 Å². The molecule has 0 radical (unpaired) electrons.